The first kappa shape index (κ1) is 14.1. The summed E-state index contributed by atoms with van der Waals surface area (Å²) < 4.78 is 1.96. The highest BCUT2D eigenvalue weighted by Crippen LogP contribution is 2.21. The Morgan fingerprint density at radius 3 is 2.53 bits per heavy atom. The van der Waals surface area contributed by atoms with Crippen molar-refractivity contribution in [2.45, 2.75) is 39.3 Å². The summed E-state index contributed by atoms with van der Waals surface area (Å²) in [4.78, 5) is 0. The van der Waals surface area contributed by atoms with Crippen molar-refractivity contribution in [1.82, 2.24) is 9.78 Å². The molecular formula is C15H19ClN2O. The van der Waals surface area contributed by atoms with Gasteiger partial charge >= 0.3 is 0 Å². The number of aryl methyl sites for hydroxylation is 2. The van der Waals surface area contributed by atoms with Crippen molar-refractivity contribution in [3.8, 4) is 0 Å². The van der Waals surface area contributed by atoms with E-state index >= 15 is 0 Å². The van der Waals surface area contributed by atoms with Gasteiger partial charge in [0.25, 0.3) is 0 Å². The van der Waals surface area contributed by atoms with E-state index in [2.05, 4.69) is 25.0 Å². The zero-order valence-electron chi connectivity index (χ0n) is 11.3. The minimum atomic E-state index is -0.524. The summed E-state index contributed by atoms with van der Waals surface area (Å²) in [5, 5.41) is 15.5. The Bertz CT molecular complexity index is 534. The van der Waals surface area contributed by atoms with Crippen molar-refractivity contribution >= 4 is 11.6 Å². The number of rotatable bonds is 5. The van der Waals surface area contributed by atoms with Crippen LogP contribution in [0.2, 0.25) is 5.02 Å². The van der Waals surface area contributed by atoms with Gasteiger partial charge in [-0.3, -0.25) is 4.68 Å². The van der Waals surface area contributed by atoms with Crippen LogP contribution in [-0.2, 0) is 19.4 Å². The van der Waals surface area contributed by atoms with Gasteiger partial charge in [-0.2, -0.15) is 5.10 Å². The zero-order valence-corrected chi connectivity index (χ0v) is 12.1. The molecule has 0 radical (unpaired) electrons. The fraction of sp³-hybridized carbons (Fsp3) is 0.400. The van der Waals surface area contributed by atoms with Crippen LogP contribution in [0.25, 0.3) is 0 Å². The number of aliphatic hydroxyl groups excluding tert-OH is 1. The van der Waals surface area contributed by atoms with Crippen LogP contribution in [0.5, 0.6) is 0 Å². The van der Waals surface area contributed by atoms with E-state index in [0.29, 0.717) is 11.4 Å². The van der Waals surface area contributed by atoms with E-state index in [9.17, 15) is 5.11 Å². The van der Waals surface area contributed by atoms with Crippen molar-refractivity contribution in [3.63, 3.8) is 0 Å². The van der Waals surface area contributed by atoms with Gasteiger partial charge in [-0.1, -0.05) is 30.7 Å². The lowest BCUT2D eigenvalue weighted by Crippen LogP contribution is -2.08. The smallest absolute Gasteiger partial charge is 0.0845 e. The second kappa shape index (κ2) is 6.22. The lowest BCUT2D eigenvalue weighted by molar-refractivity contribution is 0.175. The molecule has 1 atom stereocenters. The first-order chi connectivity index (χ1) is 9.13. The number of benzene rings is 1. The van der Waals surface area contributed by atoms with E-state index in [1.165, 1.54) is 0 Å². The van der Waals surface area contributed by atoms with Crippen LogP contribution in [0.3, 0.4) is 0 Å². The summed E-state index contributed by atoms with van der Waals surface area (Å²) in [6.45, 7) is 4.97. The predicted molar refractivity (Wildman–Crippen MR) is 77.4 cm³/mol. The number of nitrogens with zero attached hydrogens (tertiary/aromatic N) is 2. The Kier molecular flexibility index (Phi) is 4.61. The normalized spacial score (nSPS) is 12.6. The largest absolute Gasteiger partial charge is 0.388 e. The van der Waals surface area contributed by atoms with Crippen molar-refractivity contribution in [1.29, 1.82) is 0 Å². The molecule has 0 aliphatic carbocycles. The molecule has 19 heavy (non-hydrogen) atoms. The number of aliphatic hydroxyl groups is 1. The maximum absolute atomic E-state index is 10.3. The van der Waals surface area contributed by atoms with Crippen molar-refractivity contribution in [2.24, 2.45) is 0 Å². The SMILES string of the molecule is CCc1cc(CC(O)c2ccc(Cl)cc2)n(CC)n1. The van der Waals surface area contributed by atoms with Gasteiger partial charge in [0.15, 0.2) is 0 Å². The molecule has 1 N–H and O–H groups in total. The Morgan fingerprint density at radius 2 is 1.95 bits per heavy atom. The number of aromatic nitrogens is 2. The van der Waals surface area contributed by atoms with Gasteiger partial charge in [0.05, 0.1) is 11.8 Å². The molecule has 2 aromatic rings. The Hall–Kier alpha value is -1.32. The van der Waals surface area contributed by atoms with Crippen LogP contribution in [-0.4, -0.2) is 14.9 Å². The molecule has 1 aromatic heterocycles. The van der Waals surface area contributed by atoms with Crippen molar-refractivity contribution in [2.75, 3.05) is 0 Å². The fourth-order valence-corrected chi connectivity index (χ4v) is 2.25. The van der Waals surface area contributed by atoms with Crippen LogP contribution in [0, 0.1) is 0 Å². The maximum Gasteiger partial charge on any atom is 0.0845 e. The van der Waals surface area contributed by atoms with Gasteiger partial charge in [0.1, 0.15) is 0 Å². The molecule has 0 fully saturated rings. The first-order valence-electron chi connectivity index (χ1n) is 6.63. The summed E-state index contributed by atoms with van der Waals surface area (Å²) in [5.41, 5.74) is 3.02. The topological polar surface area (TPSA) is 38.0 Å². The van der Waals surface area contributed by atoms with Crippen molar-refractivity contribution in [3.05, 3.63) is 52.3 Å². The molecule has 0 saturated carbocycles. The fourth-order valence-electron chi connectivity index (χ4n) is 2.13. The van der Waals surface area contributed by atoms with E-state index in [4.69, 9.17) is 11.6 Å². The van der Waals surface area contributed by atoms with Crippen LogP contribution in [0.4, 0.5) is 0 Å². The molecule has 0 saturated heterocycles. The molecule has 0 bridgehead atoms. The van der Waals surface area contributed by atoms with Gasteiger partial charge in [0.2, 0.25) is 0 Å². The minimum absolute atomic E-state index is 0.524. The second-order valence-electron chi connectivity index (χ2n) is 4.57. The summed E-state index contributed by atoms with van der Waals surface area (Å²) in [6, 6.07) is 9.40. The molecule has 0 spiro atoms. The molecule has 0 aliphatic rings. The summed E-state index contributed by atoms with van der Waals surface area (Å²) in [6.07, 6.45) is 0.962. The first-order valence-corrected chi connectivity index (χ1v) is 7.01. The van der Waals surface area contributed by atoms with E-state index in [-0.39, 0.29) is 0 Å². The van der Waals surface area contributed by atoms with Crippen LogP contribution < -0.4 is 0 Å². The molecule has 4 heteroatoms. The van der Waals surface area contributed by atoms with Gasteiger partial charge in [-0.05, 0) is 37.1 Å². The maximum atomic E-state index is 10.3. The van der Waals surface area contributed by atoms with Crippen LogP contribution >= 0.6 is 11.6 Å². The lowest BCUT2D eigenvalue weighted by atomic mass is 10.0. The van der Waals surface area contributed by atoms with Crippen LogP contribution in [0.1, 0.15) is 36.9 Å². The van der Waals surface area contributed by atoms with E-state index in [1.807, 2.05) is 16.8 Å². The van der Waals surface area contributed by atoms with Crippen molar-refractivity contribution < 1.29 is 5.11 Å². The van der Waals surface area contributed by atoms with Crippen LogP contribution in [0.15, 0.2) is 30.3 Å². The molecule has 3 nitrogen and oxygen atoms in total. The van der Waals surface area contributed by atoms with Gasteiger partial charge < -0.3 is 5.11 Å². The molecular weight excluding hydrogens is 260 g/mol. The average molecular weight is 279 g/mol. The zero-order chi connectivity index (χ0) is 13.8. The molecule has 1 unspecified atom stereocenters. The Morgan fingerprint density at radius 1 is 1.26 bits per heavy atom. The van der Waals surface area contributed by atoms with Gasteiger partial charge in [-0.15, -0.1) is 0 Å². The third-order valence-electron chi connectivity index (χ3n) is 3.23. The predicted octanol–water partition coefficient (Wildman–Crippen LogP) is 3.39. The summed E-state index contributed by atoms with van der Waals surface area (Å²) in [5.74, 6) is 0. The summed E-state index contributed by atoms with van der Waals surface area (Å²) >= 11 is 5.85. The van der Waals surface area contributed by atoms with Gasteiger partial charge in [0, 0.05) is 23.7 Å². The molecule has 0 amide bonds. The number of halogens is 1. The monoisotopic (exact) mass is 278 g/mol. The highest BCUT2D eigenvalue weighted by atomic mass is 35.5. The van der Waals surface area contributed by atoms with E-state index in [0.717, 1.165) is 29.9 Å². The van der Waals surface area contributed by atoms with E-state index < -0.39 is 6.10 Å². The Balaban J connectivity index is 2.15. The third kappa shape index (κ3) is 3.37. The standard InChI is InChI=1S/C15H19ClN2O/c1-3-13-9-14(18(4-2)17-13)10-15(19)11-5-7-12(16)8-6-11/h5-9,15,19H,3-4,10H2,1-2H3. The van der Waals surface area contributed by atoms with E-state index in [1.54, 1.807) is 12.1 Å². The molecule has 0 aliphatic heterocycles. The second-order valence-corrected chi connectivity index (χ2v) is 5.00. The Labute approximate surface area is 118 Å². The molecule has 1 heterocycles. The highest BCUT2D eigenvalue weighted by Gasteiger charge is 2.13. The highest BCUT2D eigenvalue weighted by molar-refractivity contribution is 6.30. The molecule has 2 rings (SSSR count). The third-order valence-corrected chi connectivity index (χ3v) is 3.48. The molecule has 102 valence electrons. The minimum Gasteiger partial charge on any atom is -0.388 e. The average Bonchev–Trinajstić information content (AvgIpc) is 2.81. The number of hydrogen-bond donors (Lipinski definition) is 1. The summed E-state index contributed by atoms with van der Waals surface area (Å²) in [7, 11) is 0. The quantitative estimate of drug-likeness (QED) is 0.910. The molecule has 1 aromatic carbocycles. The number of hydrogen-bond acceptors (Lipinski definition) is 2. The van der Waals surface area contributed by atoms with Gasteiger partial charge in [-0.25, -0.2) is 0 Å². The lowest BCUT2D eigenvalue weighted by Gasteiger charge is -2.12.